The van der Waals surface area contributed by atoms with Crippen LogP contribution in [0.1, 0.15) is 49.7 Å². The molecule has 3 rings (SSSR count). The van der Waals surface area contributed by atoms with E-state index in [1.54, 1.807) is 7.05 Å². The molecule has 1 heterocycles. The predicted octanol–water partition coefficient (Wildman–Crippen LogP) is 4.04. The van der Waals surface area contributed by atoms with Crippen molar-refractivity contribution in [3.63, 3.8) is 0 Å². The molecule has 0 spiro atoms. The summed E-state index contributed by atoms with van der Waals surface area (Å²) in [6.07, 6.45) is 6.72. The highest BCUT2D eigenvalue weighted by molar-refractivity contribution is 6.32. The number of ether oxygens (including phenoxy) is 1. The Morgan fingerprint density at radius 3 is 2.42 bits per heavy atom. The zero-order valence-electron chi connectivity index (χ0n) is 15.8. The van der Waals surface area contributed by atoms with Gasteiger partial charge in [-0.3, -0.25) is 15.1 Å². The number of rotatable bonds is 5. The number of carbonyl (C=O) groups is 1. The summed E-state index contributed by atoms with van der Waals surface area (Å²) in [5.74, 6) is 1.29. The van der Waals surface area contributed by atoms with Gasteiger partial charge in [-0.1, -0.05) is 43.7 Å². The van der Waals surface area contributed by atoms with Crippen molar-refractivity contribution in [2.75, 3.05) is 13.7 Å². The lowest BCUT2D eigenvalue weighted by molar-refractivity contribution is -0.132. The normalized spacial score (nSPS) is 24.1. The Bertz CT molecular complexity index is 692. The van der Waals surface area contributed by atoms with Crippen LogP contribution in [0, 0.1) is 25.2 Å². The summed E-state index contributed by atoms with van der Waals surface area (Å²) in [6.45, 7) is 4.11. The molecule has 2 fully saturated rings. The minimum absolute atomic E-state index is 0.0736. The first-order chi connectivity index (χ1) is 12.3. The first-order valence-electron chi connectivity index (χ1n) is 9.37. The SMILES string of the molecule is Cc1cc(OCC2(CC3CCCCC3)NC(=N)N(C)C2=O)cc(C)c1Cl. The van der Waals surface area contributed by atoms with E-state index in [1.165, 1.54) is 24.2 Å². The summed E-state index contributed by atoms with van der Waals surface area (Å²) < 4.78 is 6.05. The van der Waals surface area contributed by atoms with Gasteiger partial charge in [-0.2, -0.15) is 0 Å². The standard InChI is InChI=1S/C20H28ClN3O2/c1-13-9-16(10-14(2)17(13)21)26-12-20(11-15-7-5-4-6-8-15)18(25)24(3)19(22)23-20/h9-10,15H,4-8,11-12H2,1-3H3,(H2,22,23). The molecule has 1 saturated heterocycles. The van der Waals surface area contributed by atoms with Crippen LogP contribution in [0.15, 0.2) is 12.1 Å². The van der Waals surface area contributed by atoms with Crippen LogP contribution >= 0.6 is 11.6 Å². The maximum Gasteiger partial charge on any atom is 0.258 e. The first-order valence-corrected chi connectivity index (χ1v) is 9.74. The molecular weight excluding hydrogens is 350 g/mol. The van der Waals surface area contributed by atoms with Gasteiger partial charge in [-0.15, -0.1) is 0 Å². The molecule has 1 aliphatic carbocycles. The highest BCUT2D eigenvalue weighted by Gasteiger charge is 2.50. The number of carbonyl (C=O) groups excluding carboxylic acids is 1. The van der Waals surface area contributed by atoms with E-state index in [2.05, 4.69) is 5.32 Å². The molecule has 0 bridgehead atoms. The third-order valence-corrected chi connectivity index (χ3v) is 6.26. The lowest BCUT2D eigenvalue weighted by Crippen LogP contribution is -2.53. The van der Waals surface area contributed by atoms with Gasteiger partial charge in [0.05, 0.1) is 0 Å². The van der Waals surface area contributed by atoms with Crippen LogP contribution in [-0.4, -0.2) is 36.0 Å². The van der Waals surface area contributed by atoms with E-state index in [9.17, 15) is 4.79 Å². The number of benzene rings is 1. The van der Waals surface area contributed by atoms with Crippen LogP contribution in [0.3, 0.4) is 0 Å². The Morgan fingerprint density at radius 1 is 1.27 bits per heavy atom. The fourth-order valence-electron chi connectivity index (χ4n) is 4.16. The quantitative estimate of drug-likeness (QED) is 0.813. The topological polar surface area (TPSA) is 65.4 Å². The van der Waals surface area contributed by atoms with Gasteiger partial charge < -0.3 is 10.1 Å². The van der Waals surface area contributed by atoms with Crippen molar-refractivity contribution in [1.82, 2.24) is 10.2 Å². The Labute approximate surface area is 160 Å². The molecule has 2 aliphatic rings. The van der Waals surface area contributed by atoms with Crippen molar-refractivity contribution in [3.8, 4) is 5.75 Å². The third-order valence-electron chi connectivity index (χ3n) is 5.66. The van der Waals surface area contributed by atoms with Crippen molar-refractivity contribution >= 4 is 23.5 Å². The van der Waals surface area contributed by atoms with Gasteiger partial charge in [0.15, 0.2) is 11.5 Å². The Balaban J connectivity index is 1.80. The lowest BCUT2D eigenvalue weighted by atomic mass is 9.79. The summed E-state index contributed by atoms with van der Waals surface area (Å²) in [7, 11) is 1.65. The molecule has 1 aromatic carbocycles. The number of nitrogens with zero attached hydrogens (tertiary/aromatic N) is 1. The van der Waals surface area contributed by atoms with E-state index < -0.39 is 5.54 Å². The second-order valence-electron chi connectivity index (χ2n) is 7.79. The molecule has 26 heavy (non-hydrogen) atoms. The van der Waals surface area contributed by atoms with Gasteiger partial charge in [-0.05, 0) is 49.4 Å². The van der Waals surface area contributed by atoms with E-state index in [0.29, 0.717) is 18.1 Å². The average Bonchev–Trinajstić information content (AvgIpc) is 2.83. The number of hydrogen-bond donors (Lipinski definition) is 2. The van der Waals surface area contributed by atoms with Crippen molar-refractivity contribution in [3.05, 3.63) is 28.3 Å². The van der Waals surface area contributed by atoms with E-state index >= 15 is 0 Å². The molecule has 2 N–H and O–H groups in total. The van der Waals surface area contributed by atoms with Crippen LogP contribution in [-0.2, 0) is 4.79 Å². The Morgan fingerprint density at radius 2 is 1.88 bits per heavy atom. The molecule has 1 amide bonds. The predicted molar refractivity (Wildman–Crippen MR) is 104 cm³/mol. The Kier molecular flexibility index (Phi) is 5.47. The summed E-state index contributed by atoms with van der Waals surface area (Å²) in [5.41, 5.74) is 1.06. The van der Waals surface area contributed by atoms with Gasteiger partial charge in [0.25, 0.3) is 5.91 Å². The maximum absolute atomic E-state index is 12.9. The maximum atomic E-state index is 12.9. The van der Waals surface area contributed by atoms with Crippen LogP contribution < -0.4 is 10.1 Å². The molecule has 142 valence electrons. The molecule has 0 radical (unpaired) electrons. The minimum Gasteiger partial charge on any atom is -0.491 e. The fraction of sp³-hybridized carbons (Fsp3) is 0.600. The molecule has 1 unspecified atom stereocenters. The van der Waals surface area contributed by atoms with Crippen LogP contribution in [0.25, 0.3) is 0 Å². The first kappa shape index (κ1) is 19.0. The van der Waals surface area contributed by atoms with E-state index in [1.807, 2.05) is 26.0 Å². The summed E-state index contributed by atoms with van der Waals surface area (Å²) >= 11 is 6.24. The van der Waals surface area contributed by atoms with Crippen molar-refractivity contribution in [1.29, 1.82) is 5.41 Å². The average molecular weight is 378 g/mol. The third kappa shape index (κ3) is 3.68. The summed E-state index contributed by atoms with van der Waals surface area (Å²) in [6, 6.07) is 3.80. The number of likely N-dealkylation sites (N-methyl/N-ethyl adjacent to an activating group) is 1. The second-order valence-corrected chi connectivity index (χ2v) is 8.17. The van der Waals surface area contributed by atoms with Crippen LogP contribution in [0.2, 0.25) is 5.02 Å². The molecule has 0 aromatic heterocycles. The molecule has 1 aromatic rings. The number of amides is 1. The zero-order chi connectivity index (χ0) is 18.9. The molecule has 1 saturated carbocycles. The summed E-state index contributed by atoms with van der Waals surface area (Å²) in [4.78, 5) is 14.3. The number of hydrogen-bond acceptors (Lipinski definition) is 3. The largest absolute Gasteiger partial charge is 0.491 e. The number of nitrogens with one attached hydrogen (secondary N) is 2. The van der Waals surface area contributed by atoms with E-state index in [0.717, 1.165) is 29.0 Å². The fourth-order valence-corrected chi connectivity index (χ4v) is 4.27. The second kappa shape index (κ2) is 7.47. The van der Waals surface area contributed by atoms with Crippen molar-refractivity contribution in [2.45, 2.75) is 57.9 Å². The molecule has 5 nitrogen and oxygen atoms in total. The van der Waals surface area contributed by atoms with Crippen molar-refractivity contribution in [2.24, 2.45) is 5.92 Å². The number of aryl methyl sites for hydroxylation is 2. The zero-order valence-corrected chi connectivity index (χ0v) is 16.6. The van der Waals surface area contributed by atoms with E-state index in [4.69, 9.17) is 21.7 Å². The van der Waals surface area contributed by atoms with Crippen molar-refractivity contribution < 1.29 is 9.53 Å². The monoisotopic (exact) mass is 377 g/mol. The van der Waals surface area contributed by atoms with Crippen LogP contribution in [0.4, 0.5) is 0 Å². The van der Waals surface area contributed by atoms with Gasteiger partial charge in [0, 0.05) is 12.1 Å². The molecule has 1 aliphatic heterocycles. The van der Waals surface area contributed by atoms with Crippen LogP contribution in [0.5, 0.6) is 5.75 Å². The minimum atomic E-state index is -0.852. The molecule has 1 atom stereocenters. The Hall–Kier alpha value is -1.75. The van der Waals surface area contributed by atoms with Gasteiger partial charge >= 0.3 is 0 Å². The lowest BCUT2D eigenvalue weighted by Gasteiger charge is -2.32. The highest BCUT2D eigenvalue weighted by Crippen LogP contribution is 2.34. The summed E-state index contributed by atoms with van der Waals surface area (Å²) in [5, 5.41) is 11.9. The highest BCUT2D eigenvalue weighted by atomic mass is 35.5. The van der Waals surface area contributed by atoms with Gasteiger partial charge in [0.1, 0.15) is 12.4 Å². The molecular formula is C20H28ClN3O2. The van der Waals surface area contributed by atoms with Gasteiger partial charge in [0.2, 0.25) is 0 Å². The number of guanidine groups is 1. The van der Waals surface area contributed by atoms with Gasteiger partial charge in [-0.25, -0.2) is 0 Å². The van der Waals surface area contributed by atoms with E-state index in [-0.39, 0.29) is 18.5 Å². The molecule has 6 heteroatoms. The smallest absolute Gasteiger partial charge is 0.258 e. The number of halogens is 1.